The first-order valence-electron chi connectivity index (χ1n) is 6.18. The number of hydrogen-bond donors (Lipinski definition) is 1. The van der Waals surface area contributed by atoms with Crippen molar-refractivity contribution in [3.63, 3.8) is 0 Å². The molecule has 0 saturated heterocycles. The number of rotatable bonds is 6. The molecule has 1 fully saturated rings. The predicted octanol–water partition coefficient (Wildman–Crippen LogP) is 1.96. The summed E-state index contributed by atoms with van der Waals surface area (Å²) in [4.78, 5) is 0. The molecule has 0 amide bonds. The van der Waals surface area contributed by atoms with Crippen molar-refractivity contribution in [3.05, 3.63) is 0 Å². The van der Waals surface area contributed by atoms with Crippen LogP contribution < -0.4 is 5.32 Å². The lowest BCUT2D eigenvalue weighted by Crippen LogP contribution is -2.43. The van der Waals surface area contributed by atoms with E-state index < -0.39 is 0 Å². The van der Waals surface area contributed by atoms with E-state index >= 15 is 0 Å². The summed E-state index contributed by atoms with van der Waals surface area (Å²) in [5.74, 6) is 0. The Morgan fingerprint density at radius 2 is 2.07 bits per heavy atom. The molecule has 0 radical (unpaired) electrons. The summed E-state index contributed by atoms with van der Waals surface area (Å²) >= 11 is 0. The Morgan fingerprint density at radius 3 is 2.73 bits per heavy atom. The van der Waals surface area contributed by atoms with E-state index in [0.29, 0.717) is 18.8 Å². The zero-order chi connectivity index (χ0) is 11.1. The molecular weight excluding hydrogens is 190 g/mol. The van der Waals surface area contributed by atoms with E-state index in [1.807, 2.05) is 14.0 Å². The van der Waals surface area contributed by atoms with Gasteiger partial charge in [-0.1, -0.05) is 12.8 Å². The normalized spacial score (nSPS) is 29.0. The highest BCUT2D eigenvalue weighted by Crippen LogP contribution is 2.22. The zero-order valence-corrected chi connectivity index (χ0v) is 10.3. The molecule has 1 aliphatic carbocycles. The molecule has 0 aromatic carbocycles. The Balaban J connectivity index is 2.27. The van der Waals surface area contributed by atoms with Crippen molar-refractivity contribution in [2.75, 3.05) is 20.3 Å². The second kappa shape index (κ2) is 7.20. The molecule has 1 N–H and O–H groups in total. The van der Waals surface area contributed by atoms with Gasteiger partial charge in [0.15, 0.2) is 0 Å². The number of hydrogen-bond acceptors (Lipinski definition) is 3. The number of likely N-dealkylation sites (N-methyl/N-ethyl adjacent to an activating group) is 1. The van der Waals surface area contributed by atoms with Gasteiger partial charge in [-0.25, -0.2) is 0 Å². The molecule has 1 saturated carbocycles. The second-order valence-corrected chi connectivity index (χ2v) is 4.32. The standard InChI is InChI=1S/C12H25NO2/c1-4-14-9-10(2)15-12-8-6-5-7-11(12)13-3/h10-13H,4-9H2,1-3H3. The van der Waals surface area contributed by atoms with Gasteiger partial charge >= 0.3 is 0 Å². The Bertz CT molecular complexity index is 164. The molecule has 15 heavy (non-hydrogen) atoms. The quantitative estimate of drug-likeness (QED) is 0.734. The first-order chi connectivity index (χ1) is 7.27. The maximum absolute atomic E-state index is 6.01. The van der Waals surface area contributed by atoms with E-state index in [2.05, 4.69) is 12.2 Å². The third-order valence-corrected chi connectivity index (χ3v) is 3.04. The van der Waals surface area contributed by atoms with Crippen LogP contribution in [-0.2, 0) is 9.47 Å². The second-order valence-electron chi connectivity index (χ2n) is 4.32. The van der Waals surface area contributed by atoms with Crippen LogP contribution in [0.3, 0.4) is 0 Å². The summed E-state index contributed by atoms with van der Waals surface area (Å²) < 4.78 is 11.4. The maximum atomic E-state index is 6.01. The van der Waals surface area contributed by atoms with Crippen LogP contribution >= 0.6 is 0 Å². The molecule has 0 aromatic heterocycles. The smallest absolute Gasteiger partial charge is 0.0785 e. The van der Waals surface area contributed by atoms with Crippen LogP contribution in [0.25, 0.3) is 0 Å². The highest BCUT2D eigenvalue weighted by molar-refractivity contribution is 4.81. The van der Waals surface area contributed by atoms with Crippen molar-refractivity contribution in [2.24, 2.45) is 0 Å². The van der Waals surface area contributed by atoms with Gasteiger partial charge in [-0.3, -0.25) is 0 Å². The van der Waals surface area contributed by atoms with Gasteiger partial charge < -0.3 is 14.8 Å². The molecular formula is C12H25NO2. The first-order valence-corrected chi connectivity index (χ1v) is 6.18. The van der Waals surface area contributed by atoms with Crippen LogP contribution in [0, 0.1) is 0 Å². The minimum Gasteiger partial charge on any atom is -0.379 e. The summed E-state index contributed by atoms with van der Waals surface area (Å²) in [6.45, 7) is 5.60. The molecule has 0 heterocycles. The van der Waals surface area contributed by atoms with Crippen molar-refractivity contribution in [2.45, 2.75) is 57.8 Å². The third-order valence-electron chi connectivity index (χ3n) is 3.04. The fourth-order valence-corrected chi connectivity index (χ4v) is 2.21. The minimum atomic E-state index is 0.212. The molecule has 3 heteroatoms. The van der Waals surface area contributed by atoms with Crippen molar-refractivity contribution in [1.29, 1.82) is 0 Å². The van der Waals surface area contributed by atoms with E-state index in [9.17, 15) is 0 Å². The van der Waals surface area contributed by atoms with Crippen molar-refractivity contribution in [3.8, 4) is 0 Å². The van der Waals surface area contributed by atoms with E-state index in [0.717, 1.165) is 6.61 Å². The molecule has 1 rings (SSSR count). The van der Waals surface area contributed by atoms with Gasteiger partial charge in [0.05, 0.1) is 18.8 Å². The zero-order valence-electron chi connectivity index (χ0n) is 10.3. The van der Waals surface area contributed by atoms with Crippen LogP contribution in [0.4, 0.5) is 0 Å². The van der Waals surface area contributed by atoms with Crippen molar-refractivity contribution >= 4 is 0 Å². The van der Waals surface area contributed by atoms with Gasteiger partial charge in [0.2, 0.25) is 0 Å². The number of nitrogens with one attached hydrogen (secondary N) is 1. The van der Waals surface area contributed by atoms with E-state index in [-0.39, 0.29) is 6.10 Å². The molecule has 3 unspecified atom stereocenters. The van der Waals surface area contributed by atoms with E-state index in [4.69, 9.17) is 9.47 Å². The number of ether oxygens (including phenoxy) is 2. The van der Waals surface area contributed by atoms with Crippen molar-refractivity contribution < 1.29 is 9.47 Å². The summed E-state index contributed by atoms with van der Waals surface area (Å²) in [5, 5.41) is 3.35. The Morgan fingerprint density at radius 1 is 1.33 bits per heavy atom. The summed E-state index contributed by atoms with van der Waals surface area (Å²) in [7, 11) is 2.03. The lowest BCUT2D eigenvalue weighted by atomic mass is 9.92. The molecule has 0 aromatic rings. The molecule has 0 aliphatic heterocycles. The summed E-state index contributed by atoms with van der Waals surface area (Å²) in [6, 6.07) is 0.530. The first kappa shape index (κ1) is 12.9. The summed E-state index contributed by atoms with van der Waals surface area (Å²) in [6.07, 6.45) is 5.63. The Hall–Kier alpha value is -0.120. The molecule has 0 spiro atoms. The van der Waals surface area contributed by atoms with Gasteiger partial charge in [0.25, 0.3) is 0 Å². The highest BCUT2D eigenvalue weighted by Gasteiger charge is 2.25. The van der Waals surface area contributed by atoms with Crippen LogP contribution in [-0.4, -0.2) is 38.5 Å². The largest absolute Gasteiger partial charge is 0.379 e. The predicted molar refractivity (Wildman–Crippen MR) is 62.1 cm³/mol. The topological polar surface area (TPSA) is 30.5 Å². The third kappa shape index (κ3) is 4.49. The van der Waals surface area contributed by atoms with Gasteiger partial charge in [0.1, 0.15) is 0 Å². The lowest BCUT2D eigenvalue weighted by molar-refractivity contribution is -0.0696. The monoisotopic (exact) mass is 215 g/mol. The molecule has 3 atom stereocenters. The van der Waals surface area contributed by atoms with E-state index in [1.165, 1.54) is 25.7 Å². The van der Waals surface area contributed by atoms with Crippen LogP contribution in [0.2, 0.25) is 0 Å². The van der Waals surface area contributed by atoms with Crippen LogP contribution in [0.1, 0.15) is 39.5 Å². The average Bonchev–Trinajstić information content (AvgIpc) is 2.27. The van der Waals surface area contributed by atoms with Crippen LogP contribution in [0.5, 0.6) is 0 Å². The lowest BCUT2D eigenvalue weighted by Gasteiger charge is -2.33. The molecule has 3 nitrogen and oxygen atoms in total. The SMILES string of the molecule is CCOCC(C)OC1CCCCC1NC. The Labute approximate surface area is 93.5 Å². The highest BCUT2D eigenvalue weighted by atomic mass is 16.5. The van der Waals surface area contributed by atoms with Crippen LogP contribution in [0.15, 0.2) is 0 Å². The maximum Gasteiger partial charge on any atom is 0.0785 e. The fraction of sp³-hybridized carbons (Fsp3) is 1.00. The molecule has 0 bridgehead atoms. The van der Waals surface area contributed by atoms with Gasteiger partial charge in [-0.2, -0.15) is 0 Å². The van der Waals surface area contributed by atoms with Gasteiger partial charge in [0, 0.05) is 12.6 Å². The molecule has 1 aliphatic rings. The van der Waals surface area contributed by atoms with Gasteiger partial charge in [-0.15, -0.1) is 0 Å². The minimum absolute atomic E-state index is 0.212. The average molecular weight is 215 g/mol. The summed E-state index contributed by atoms with van der Waals surface area (Å²) in [5.41, 5.74) is 0. The fourth-order valence-electron chi connectivity index (χ4n) is 2.21. The Kier molecular flexibility index (Phi) is 6.22. The van der Waals surface area contributed by atoms with Crippen molar-refractivity contribution in [1.82, 2.24) is 5.32 Å². The van der Waals surface area contributed by atoms with E-state index in [1.54, 1.807) is 0 Å². The molecule has 90 valence electrons. The van der Waals surface area contributed by atoms with Gasteiger partial charge in [-0.05, 0) is 33.7 Å².